The van der Waals surface area contributed by atoms with Crippen LogP contribution < -0.4 is 5.73 Å². The average molecular weight is 149 g/mol. The number of hydrogen-bond acceptors (Lipinski definition) is 3. The third kappa shape index (κ3) is 1.67. The van der Waals surface area contributed by atoms with Gasteiger partial charge < -0.3 is 10.5 Å². The minimum absolute atomic E-state index is 0.734. The zero-order chi connectivity index (χ0) is 8.36. The van der Waals surface area contributed by atoms with E-state index in [0.717, 1.165) is 0 Å². The molecule has 2 N–H and O–H groups in total. The van der Waals surface area contributed by atoms with Crippen LogP contribution in [0.15, 0.2) is 0 Å². The molecule has 0 saturated heterocycles. The summed E-state index contributed by atoms with van der Waals surface area (Å²) in [6, 6.07) is 0. The highest BCUT2D eigenvalue weighted by molar-refractivity contribution is 5.80. The number of carbonyl (C=O) groups is 1. The predicted octanol–water partition coefficient (Wildman–Crippen LogP) is 0.235. The van der Waals surface area contributed by atoms with Crippen LogP contribution >= 0.6 is 0 Å². The van der Waals surface area contributed by atoms with E-state index in [-0.39, 0.29) is 0 Å². The number of esters is 1. The van der Waals surface area contributed by atoms with Crippen LogP contribution in [0.2, 0.25) is 0 Å². The molecule has 4 heteroatoms. The first-order valence-electron chi connectivity index (χ1n) is 2.94. The minimum atomic E-state index is -1.52. The topological polar surface area (TPSA) is 52.3 Å². The summed E-state index contributed by atoms with van der Waals surface area (Å²) in [5.74, 6) is -0.734. The number of methoxy groups -OCH3 is 1. The van der Waals surface area contributed by atoms with E-state index in [2.05, 4.69) is 4.74 Å². The first kappa shape index (κ1) is 9.36. The van der Waals surface area contributed by atoms with Crippen LogP contribution in [0.1, 0.15) is 13.8 Å². The van der Waals surface area contributed by atoms with E-state index in [4.69, 9.17) is 5.73 Å². The highest BCUT2D eigenvalue weighted by atomic mass is 19.1. The molecular formula is C6H12FNO2. The molecule has 60 valence electrons. The van der Waals surface area contributed by atoms with Crippen molar-refractivity contribution >= 4 is 5.97 Å². The Bertz CT molecular complexity index is 134. The molecule has 10 heavy (non-hydrogen) atoms. The summed E-state index contributed by atoms with van der Waals surface area (Å²) in [5, 5.41) is 0. The van der Waals surface area contributed by atoms with Gasteiger partial charge in [-0.05, 0) is 13.8 Å². The van der Waals surface area contributed by atoms with Gasteiger partial charge in [0, 0.05) is 0 Å². The van der Waals surface area contributed by atoms with Gasteiger partial charge in [0.25, 0.3) is 0 Å². The molecule has 0 aromatic rings. The van der Waals surface area contributed by atoms with Gasteiger partial charge in [0.05, 0.1) is 7.11 Å². The maximum Gasteiger partial charge on any atom is 0.328 e. The van der Waals surface area contributed by atoms with Crippen molar-refractivity contribution in [1.82, 2.24) is 0 Å². The van der Waals surface area contributed by atoms with Crippen LogP contribution in [0.25, 0.3) is 0 Å². The molecule has 2 unspecified atom stereocenters. The lowest BCUT2D eigenvalue weighted by Crippen LogP contribution is -2.52. The molecule has 0 radical (unpaired) electrons. The highest BCUT2D eigenvalue weighted by Gasteiger charge is 2.35. The third-order valence-electron chi connectivity index (χ3n) is 1.45. The molecule has 0 heterocycles. The van der Waals surface area contributed by atoms with E-state index in [1.54, 1.807) is 0 Å². The summed E-state index contributed by atoms with van der Waals surface area (Å²) < 4.78 is 16.8. The molecule has 0 aliphatic rings. The smallest absolute Gasteiger partial charge is 0.328 e. The Hall–Kier alpha value is -0.640. The van der Waals surface area contributed by atoms with Gasteiger partial charge in [-0.2, -0.15) is 0 Å². The predicted molar refractivity (Wildman–Crippen MR) is 35.2 cm³/mol. The van der Waals surface area contributed by atoms with Crippen molar-refractivity contribution in [2.24, 2.45) is 5.73 Å². The van der Waals surface area contributed by atoms with E-state index in [9.17, 15) is 9.18 Å². The van der Waals surface area contributed by atoms with Crippen LogP contribution in [0, 0.1) is 0 Å². The number of halogens is 1. The van der Waals surface area contributed by atoms with Crippen LogP contribution in [-0.4, -0.2) is 24.8 Å². The van der Waals surface area contributed by atoms with Gasteiger partial charge in [-0.25, -0.2) is 9.18 Å². The molecule has 0 aliphatic carbocycles. The minimum Gasteiger partial charge on any atom is -0.468 e. The van der Waals surface area contributed by atoms with Crippen molar-refractivity contribution in [3.05, 3.63) is 0 Å². The van der Waals surface area contributed by atoms with Crippen molar-refractivity contribution in [1.29, 1.82) is 0 Å². The fraction of sp³-hybridized carbons (Fsp3) is 0.833. The molecule has 0 aromatic carbocycles. The largest absolute Gasteiger partial charge is 0.468 e. The zero-order valence-corrected chi connectivity index (χ0v) is 6.35. The normalized spacial score (nSPS) is 19.3. The van der Waals surface area contributed by atoms with Crippen molar-refractivity contribution in [3.8, 4) is 0 Å². The summed E-state index contributed by atoms with van der Waals surface area (Å²) in [6.07, 6.45) is -1.40. The second kappa shape index (κ2) is 2.96. The summed E-state index contributed by atoms with van der Waals surface area (Å²) in [5.41, 5.74) is 3.74. The zero-order valence-electron chi connectivity index (χ0n) is 6.35. The number of carbonyl (C=O) groups excluding carboxylic acids is 1. The molecule has 0 spiro atoms. The Morgan fingerprint density at radius 2 is 2.20 bits per heavy atom. The fourth-order valence-electron chi connectivity index (χ4n) is 0.382. The second-order valence-electron chi connectivity index (χ2n) is 2.39. The molecule has 0 aliphatic heterocycles. The molecule has 0 aromatic heterocycles. The number of ether oxygens (including phenoxy) is 1. The molecule has 3 nitrogen and oxygen atoms in total. The maximum absolute atomic E-state index is 12.5. The number of hydrogen-bond donors (Lipinski definition) is 1. The SMILES string of the molecule is COC(=O)C(C)(N)C(C)F. The van der Waals surface area contributed by atoms with E-state index >= 15 is 0 Å². The van der Waals surface area contributed by atoms with E-state index in [1.165, 1.54) is 21.0 Å². The van der Waals surface area contributed by atoms with Crippen LogP contribution in [0.3, 0.4) is 0 Å². The molecule has 2 atom stereocenters. The number of nitrogens with two attached hydrogens (primary N) is 1. The van der Waals surface area contributed by atoms with Crippen LogP contribution in [-0.2, 0) is 9.53 Å². The number of rotatable bonds is 2. The van der Waals surface area contributed by atoms with E-state index in [1.807, 2.05) is 0 Å². The maximum atomic E-state index is 12.5. The van der Waals surface area contributed by atoms with Gasteiger partial charge in [0.1, 0.15) is 11.7 Å². The molecule has 0 saturated carbocycles. The monoisotopic (exact) mass is 149 g/mol. The van der Waals surface area contributed by atoms with E-state index in [0.29, 0.717) is 0 Å². The fourth-order valence-corrected chi connectivity index (χ4v) is 0.382. The molecular weight excluding hydrogens is 137 g/mol. The van der Waals surface area contributed by atoms with Gasteiger partial charge in [0.2, 0.25) is 0 Å². The summed E-state index contributed by atoms with van der Waals surface area (Å²) in [4.78, 5) is 10.7. The van der Waals surface area contributed by atoms with Crippen LogP contribution in [0.5, 0.6) is 0 Å². The standard InChI is InChI=1S/C6H12FNO2/c1-4(7)6(2,8)5(9)10-3/h4H,8H2,1-3H3. The third-order valence-corrected chi connectivity index (χ3v) is 1.45. The first-order chi connectivity index (χ1) is 4.42. The summed E-state index contributed by atoms with van der Waals surface area (Å²) >= 11 is 0. The Morgan fingerprint density at radius 3 is 2.30 bits per heavy atom. The van der Waals surface area contributed by atoms with Crippen molar-refractivity contribution in [3.63, 3.8) is 0 Å². The average Bonchev–Trinajstić information content (AvgIpc) is 1.86. The van der Waals surface area contributed by atoms with Crippen molar-refractivity contribution in [2.45, 2.75) is 25.6 Å². The Labute approximate surface area is 59.3 Å². The molecule has 0 bridgehead atoms. The summed E-state index contributed by atoms with van der Waals surface area (Å²) in [7, 11) is 1.18. The Balaban J connectivity index is 4.24. The number of alkyl halides is 1. The summed E-state index contributed by atoms with van der Waals surface area (Å²) in [6.45, 7) is 2.51. The molecule has 0 amide bonds. The second-order valence-corrected chi connectivity index (χ2v) is 2.39. The Morgan fingerprint density at radius 1 is 1.80 bits per heavy atom. The van der Waals surface area contributed by atoms with Crippen molar-refractivity contribution in [2.75, 3.05) is 7.11 Å². The van der Waals surface area contributed by atoms with Gasteiger partial charge in [-0.15, -0.1) is 0 Å². The van der Waals surface area contributed by atoms with Crippen molar-refractivity contribution < 1.29 is 13.9 Å². The van der Waals surface area contributed by atoms with Gasteiger partial charge in [0.15, 0.2) is 0 Å². The van der Waals surface area contributed by atoms with E-state index < -0.39 is 17.7 Å². The van der Waals surface area contributed by atoms with Gasteiger partial charge in [-0.3, -0.25) is 0 Å². The first-order valence-corrected chi connectivity index (χ1v) is 2.94. The quantitative estimate of drug-likeness (QED) is 0.572. The van der Waals surface area contributed by atoms with Gasteiger partial charge >= 0.3 is 5.97 Å². The highest BCUT2D eigenvalue weighted by Crippen LogP contribution is 2.10. The Kier molecular flexibility index (Phi) is 2.77. The molecule has 0 rings (SSSR count). The molecule has 0 fully saturated rings. The van der Waals surface area contributed by atoms with Gasteiger partial charge in [-0.1, -0.05) is 0 Å². The lowest BCUT2D eigenvalue weighted by atomic mass is 9.99. The lowest BCUT2D eigenvalue weighted by Gasteiger charge is -2.22. The van der Waals surface area contributed by atoms with Crippen LogP contribution in [0.4, 0.5) is 4.39 Å². The lowest BCUT2D eigenvalue weighted by molar-refractivity contribution is -0.148.